The third kappa shape index (κ3) is 4.81. The van der Waals surface area contributed by atoms with Crippen LogP contribution in [0.4, 0.5) is 4.79 Å². The van der Waals surface area contributed by atoms with Crippen LogP contribution in [0.3, 0.4) is 0 Å². The van der Waals surface area contributed by atoms with Gasteiger partial charge in [-0.2, -0.15) is 0 Å². The van der Waals surface area contributed by atoms with E-state index in [1.54, 1.807) is 0 Å². The van der Waals surface area contributed by atoms with Gasteiger partial charge in [0.15, 0.2) is 0 Å². The highest BCUT2D eigenvalue weighted by Crippen LogP contribution is 2.26. The van der Waals surface area contributed by atoms with Gasteiger partial charge in [-0.3, -0.25) is 14.9 Å². The molecule has 96 valence electrons. The van der Waals surface area contributed by atoms with Crippen molar-refractivity contribution < 1.29 is 24.2 Å². The second kappa shape index (κ2) is 6.19. The molecule has 1 fully saturated rings. The van der Waals surface area contributed by atoms with Gasteiger partial charge in [-0.1, -0.05) is 0 Å². The lowest BCUT2D eigenvalue weighted by Gasteiger charge is -2.25. The molecule has 1 aliphatic carbocycles. The maximum Gasteiger partial charge on any atom is 0.318 e. The topological polar surface area (TPSA) is 119 Å². The summed E-state index contributed by atoms with van der Waals surface area (Å²) in [7, 11) is 0. The largest absolute Gasteiger partial charge is 0.481 e. The van der Waals surface area contributed by atoms with E-state index < -0.39 is 17.9 Å². The number of ether oxygens (including phenoxy) is 1. The Morgan fingerprint density at radius 3 is 2.29 bits per heavy atom. The van der Waals surface area contributed by atoms with Crippen molar-refractivity contribution in [2.45, 2.75) is 31.8 Å². The molecule has 0 heterocycles. The van der Waals surface area contributed by atoms with E-state index in [-0.39, 0.29) is 18.6 Å². The van der Waals surface area contributed by atoms with Gasteiger partial charge in [0.2, 0.25) is 0 Å². The van der Waals surface area contributed by atoms with E-state index in [1.807, 2.05) is 5.32 Å². The van der Waals surface area contributed by atoms with Gasteiger partial charge >= 0.3 is 12.0 Å². The summed E-state index contributed by atoms with van der Waals surface area (Å²) in [5, 5.41) is 10.7. The molecule has 1 aliphatic rings. The molecule has 0 spiro atoms. The minimum absolute atomic E-state index is 0.121. The number of hydrogen-bond donors (Lipinski definition) is 3. The molecule has 0 radical (unpaired) electrons. The van der Waals surface area contributed by atoms with Gasteiger partial charge < -0.3 is 15.6 Å². The van der Waals surface area contributed by atoms with Gasteiger partial charge in [-0.15, -0.1) is 0 Å². The Hall–Kier alpha value is -1.63. The van der Waals surface area contributed by atoms with Gasteiger partial charge in [0.05, 0.1) is 12.0 Å². The Balaban J connectivity index is 2.20. The summed E-state index contributed by atoms with van der Waals surface area (Å²) < 4.78 is 5.26. The Bertz CT molecular complexity index is 310. The molecule has 0 aromatic carbocycles. The normalized spacial score (nSPS) is 24.0. The maximum atomic E-state index is 11.0. The predicted octanol–water partition coefficient (Wildman–Crippen LogP) is -0.159. The molecule has 0 unspecified atom stereocenters. The van der Waals surface area contributed by atoms with Crippen LogP contribution in [0.5, 0.6) is 0 Å². The average Bonchev–Trinajstić information content (AvgIpc) is 2.26. The number of aliphatic carboxylic acids is 1. The highest BCUT2D eigenvalue weighted by molar-refractivity contribution is 5.94. The van der Waals surface area contributed by atoms with Gasteiger partial charge in [0, 0.05) is 0 Å². The van der Waals surface area contributed by atoms with Crippen molar-refractivity contribution in [3.05, 3.63) is 0 Å². The van der Waals surface area contributed by atoms with Crippen LogP contribution in [0.25, 0.3) is 0 Å². The first-order chi connectivity index (χ1) is 7.99. The molecule has 0 bridgehead atoms. The lowest BCUT2D eigenvalue weighted by Crippen LogP contribution is -2.38. The summed E-state index contributed by atoms with van der Waals surface area (Å²) >= 11 is 0. The minimum atomic E-state index is -0.909. The predicted molar refractivity (Wildman–Crippen MR) is 57.1 cm³/mol. The molecule has 7 nitrogen and oxygen atoms in total. The number of imide groups is 1. The van der Waals surface area contributed by atoms with E-state index in [0.29, 0.717) is 25.7 Å². The molecular formula is C10H16N2O5. The molecule has 17 heavy (non-hydrogen) atoms. The molecule has 0 aromatic rings. The molecule has 0 saturated heterocycles. The van der Waals surface area contributed by atoms with Gasteiger partial charge in [0.25, 0.3) is 5.91 Å². The van der Waals surface area contributed by atoms with E-state index in [9.17, 15) is 14.4 Å². The Morgan fingerprint density at radius 2 is 1.82 bits per heavy atom. The third-order valence-electron chi connectivity index (χ3n) is 2.74. The second-order valence-electron chi connectivity index (χ2n) is 4.04. The lowest BCUT2D eigenvalue weighted by molar-refractivity contribution is -0.144. The van der Waals surface area contributed by atoms with Crippen LogP contribution in [0.1, 0.15) is 25.7 Å². The fourth-order valence-corrected chi connectivity index (χ4v) is 1.84. The van der Waals surface area contributed by atoms with E-state index in [0.717, 1.165) is 0 Å². The molecule has 1 saturated carbocycles. The maximum absolute atomic E-state index is 11.0. The molecule has 4 N–H and O–H groups in total. The van der Waals surface area contributed by atoms with Crippen LogP contribution in [-0.4, -0.2) is 35.7 Å². The first-order valence-corrected chi connectivity index (χ1v) is 5.42. The van der Waals surface area contributed by atoms with Gasteiger partial charge in [-0.25, -0.2) is 4.79 Å². The second-order valence-corrected chi connectivity index (χ2v) is 4.04. The summed E-state index contributed by atoms with van der Waals surface area (Å²) in [5.41, 5.74) is 4.76. The third-order valence-corrected chi connectivity index (χ3v) is 2.74. The molecule has 0 aliphatic heterocycles. The first kappa shape index (κ1) is 13.4. The Labute approximate surface area is 98.3 Å². The highest BCUT2D eigenvalue weighted by atomic mass is 16.5. The lowest BCUT2D eigenvalue weighted by atomic mass is 9.87. The SMILES string of the molecule is NC(=O)NC(=O)COC1CCC(C(=O)O)CC1. The van der Waals surface area contributed by atoms with E-state index in [2.05, 4.69) is 0 Å². The van der Waals surface area contributed by atoms with Crippen LogP contribution >= 0.6 is 0 Å². The minimum Gasteiger partial charge on any atom is -0.481 e. The van der Waals surface area contributed by atoms with Crippen molar-refractivity contribution in [1.29, 1.82) is 0 Å². The number of nitrogens with one attached hydrogen (secondary N) is 1. The molecule has 1 rings (SSSR count). The fourth-order valence-electron chi connectivity index (χ4n) is 1.84. The van der Waals surface area contributed by atoms with Crippen molar-refractivity contribution in [2.75, 3.05) is 6.61 Å². The van der Waals surface area contributed by atoms with Gasteiger partial charge in [-0.05, 0) is 25.7 Å². The number of amides is 3. The highest BCUT2D eigenvalue weighted by Gasteiger charge is 2.26. The number of nitrogens with two attached hydrogens (primary N) is 1. The Kier molecular flexibility index (Phi) is 4.89. The number of rotatable bonds is 4. The number of carboxylic acid groups (broad SMARTS) is 1. The molecule has 0 atom stereocenters. The van der Waals surface area contributed by atoms with Crippen molar-refractivity contribution in [1.82, 2.24) is 5.32 Å². The Morgan fingerprint density at radius 1 is 1.24 bits per heavy atom. The smallest absolute Gasteiger partial charge is 0.318 e. The van der Waals surface area contributed by atoms with Gasteiger partial charge in [0.1, 0.15) is 6.61 Å². The number of carboxylic acids is 1. The van der Waals surface area contributed by atoms with Crippen LogP contribution in [0.15, 0.2) is 0 Å². The first-order valence-electron chi connectivity index (χ1n) is 5.42. The fraction of sp³-hybridized carbons (Fsp3) is 0.700. The molecule has 3 amide bonds. The number of urea groups is 1. The summed E-state index contributed by atoms with van der Waals surface area (Å²) in [4.78, 5) is 32.1. The van der Waals surface area contributed by atoms with E-state index >= 15 is 0 Å². The summed E-state index contributed by atoms with van der Waals surface area (Å²) in [5.74, 6) is -1.68. The number of hydrogen-bond acceptors (Lipinski definition) is 4. The number of primary amides is 1. The molecule has 7 heteroatoms. The van der Waals surface area contributed by atoms with Crippen molar-refractivity contribution in [3.8, 4) is 0 Å². The van der Waals surface area contributed by atoms with Crippen molar-refractivity contribution >= 4 is 17.9 Å². The van der Waals surface area contributed by atoms with Crippen LogP contribution in [-0.2, 0) is 14.3 Å². The van der Waals surface area contributed by atoms with Crippen LogP contribution in [0, 0.1) is 5.92 Å². The quantitative estimate of drug-likeness (QED) is 0.635. The number of carbonyl (C=O) groups is 3. The standard InChI is InChI=1S/C10H16N2O5/c11-10(16)12-8(13)5-17-7-3-1-6(2-4-7)9(14)15/h6-7H,1-5H2,(H,14,15)(H3,11,12,13,16). The number of carbonyl (C=O) groups excluding carboxylic acids is 2. The monoisotopic (exact) mass is 244 g/mol. The average molecular weight is 244 g/mol. The van der Waals surface area contributed by atoms with E-state index in [4.69, 9.17) is 15.6 Å². The zero-order chi connectivity index (χ0) is 12.8. The summed E-state index contributed by atoms with van der Waals surface area (Å²) in [6.07, 6.45) is 2.21. The van der Waals surface area contributed by atoms with Crippen molar-refractivity contribution in [3.63, 3.8) is 0 Å². The summed E-state index contributed by atoms with van der Waals surface area (Å²) in [6, 6.07) is -0.909. The van der Waals surface area contributed by atoms with E-state index in [1.165, 1.54) is 0 Å². The molecular weight excluding hydrogens is 228 g/mol. The van der Waals surface area contributed by atoms with Crippen LogP contribution in [0.2, 0.25) is 0 Å². The zero-order valence-corrected chi connectivity index (χ0v) is 9.35. The summed E-state index contributed by atoms with van der Waals surface area (Å²) in [6.45, 7) is -0.231. The van der Waals surface area contributed by atoms with Crippen LogP contribution < -0.4 is 11.1 Å². The van der Waals surface area contributed by atoms with Crippen molar-refractivity contribution in [2.24, 2.45) is 11.7 Å². The molecule has 0 aromatic heterocycles. The zero-order valence-electron chi connectivity index (χ0n) is 9.35.